The van der Waals surface area contributed by atoms with Gasteiger partial charge in [-0.05, 0) is 30.9 Å². The summed E-state index contributed by atoms with van der Waals surface area (Å²) in [6.45, 7) is 2.85. The summed E-state index contributed by atoms with van der Waals surface area (Å²) in [5, 5.41) is 0. The van der Waals surface area contributed by atoms with Crippen LogP contribution in [0.1, 0.15) is 11.1 Å². The molecule has 1 amide bonds. The predicted octanol–water partition coefficient (Wildman–Crippen LogP) is 4.05. The van der Waals surface area contributed by atoms with Gasteiger partial charge in [0.1, 0.15) is 5.75 Å². The van der Waals surface area contributed by atoms with Crippen molar-refractivity contribution < 1.29 is 9.53 Å². The SMILES string of the molecule is COc1ccc2sc(=NC(=O)Cc3ccc(C)cc3)n(CCSC)c2c1. The largest absolute Gasteiger partial charge is 0.497 e. The number of rotatable bonds is 6. The Hall–Kier alpha value is -2.05. The van der Waals surface area contributed by atoms with Crippen LogP contribution in [-0.4, -0.2) is 29.6 Å². The van der Waals surface area contributed by atoms with Gasteiger partial charge in [-0.1, -0.05) is 41.2 Å². The van der Waals surface area contributed by atoms with Gasteiger partial charge in [0, 0.05) is 18.4 Å². The van der Waals surface area contributed by atoms with Gasteiger partial charge < -0.3 is 9.30 Å². The van der Waals surface area contributed by atoms with E-state index < -0.39 is 0 Å². The summed E-state index contributed by atoms with van der Waals surface area (Å²) in [6, 6.07) is 14.0. The molecule has 3 aromatic rings. The molecule has 0 N–H and O–H groups in total. The summed E-state index contributed by atoms with van der Waals surface area (Å²) in [5.41, 5.74) is 3.24. The molecule has 0 fully saturated rings. The van der Waals surface area contributed by atoms with E-state index in [4.69, 9.17) is 4.74 Å². The summed E-state index contributed by atoms with van der Waals surface area (Å²) in [6.07, 6.45) is 2.40. The lowest BCUT2D eigenvalue weighted by molar-refractivity contribution is -0.117. The summed E-state index contributed by atoms with van der Waals surface area (Å²) in [7, 11) is 1.66. The number of fused-ring (bicyclic) bond motifs is 1. The fourth-order valence-corrected chi connectivity index (χ4v) is 4.11. The van der Waals surface area contributed by atoms with Crippen LogP contribution < -0.4 is 9.54 Å². The van der Waals surface area contributed by atoms with Crippen molar-refractivity contribution in [1.82, 2.24) is 4.57 Å². The average molecular weight is 387 g/mol. The lowest BCUT2D eigenvalue weighted by Crippen LogP contribution is -2.18. The van der Waals surface area contributed by atoms with E-state index >= 15 is 0 Å². The highest BCUT2D eigenvalue weighted by atomic mass is 32.2. The topological polar surface area (TPSA) is 43.6 Å². The quantitative estimate of drug-likeness (QED) is 0.642. The van der Waals surface area contributed by atoms with Crippen LogP contribution in [0.5, 0.6) is 5.75 Å². The van der Waals surface area contributed by atoms with Gasteiger partial charge in [0.05, 0.1) is 23.7 Å². The Morgan fingerprint density at radius 3 is 2.69 bits per heavy atom. The smallest absolute Gasteiger partial charge is 0.252 e. The van der Waals surface area contributed by atoms with E-state index in [-0.39, 0.29) is 5.91 Å². The van der Waals surface area contributed by atoms with E-state index in [0.29, 0.717) is 6.42 Å². The summed E-state index contributed by atoms with van der Waals surface area (Å²) >= 11 is 3.32. The van der Waals surface area contributed by atoms with Crippen LogP contribution in [0.15, 0.2) is 47.5 Å². The van der Waals surface area contributed by atoms with Gasteiger partial charge in [0.25, 0.3) is 5.91 Å². The zero-order valence-electron chi connectivity index (χ0n) is 15.2. The number of carbonyl (C=O) groups excluding carboxylic acids is 1. The van der Waals surface area contributed by atoms with Crippen LogP contribution in [0.2, 0.25) is 0 Å². The normalized spacial score (nSPS) is 11.9. The Labute approximate surface area is 161 Å². The van der Waals surface area contributed by atoms with Crippen LogP contribution in [0.3, 0.4) is 0 Å². The van der Waals surface area contributed by atoms with Crippen molar-refractivity contribution in [2.45, 2.75) is 19.9 Å². The summed E-state index contributed by atoms with van der Waals surface area (Å²) in [5.74, 6) is 1.65. The molecule has 0 aliphatic rings. The standard InChI is InChI=1S/C20H22N2O2S2/c1-14-4-6-15(7-5-14)12-19(23)21-20-22(10-11-25-3)17-13-16(24-2)8-9-18(17)26-20/h4-9,13H,10-12H2,1-3H3. The van der Waals surface area contributed by atoms with Gasteiger partial charge in [-0.15, -0.1) is 0 Å². The third-order valence-corrected chi connectivity index (χ3v) is 5.75. The molecule has 0 bridgehead atoms. The van der Waals surface area contributed by atoms with Gasteiger partial charge in [0.2, 0.25) is 0 Å². The number of hydrogen-bond donors (Lipinski definition) is 0. The summed E-state index contributed by atoms with van der Waals surface area (Å²) in [4.78, 5) is 17.7. The first-order valence-corrected chi connectivity index (χ1v) is 10.6. The van der Waals surface area contributed by atoms with E-state index in [1.54, 1.807) is 30.2 Å². The minimum Gasteiger partial charge on any atom is -0.497 e. The molecule has 0 saturated heterocycles. The molecule has 6 heteroatoms. The number of benzene rings is 2. The lowest BCUT2D eigenvalue weighted by atomic mass is 10.1. The zero-order chi connectivity index (χ0) is 18.5. The molecule has 2 aromatic carbocycles. The minimum atomic E-state index is -0.120. The number of hydrogen-bond acceptors (Lipinski definition) is 4. The lowest BCUT2D eigenvalue weighted by Gasteiger charge is -2.05. The minimum absolute atomic E-state index is 0.120. The third kappa shape index (κ3) is 4.37. The molecule has 0 aliphatic carbocycles. The van der Waals surface area contributed by atoms with Crippen molar-refractivity contribution in [2.75, 3.05) is 19.1 Å². The van der Waals surface area contributed by atoms with Crippen molar-refractivity contribution in [1.29, 1.82) is 0 Å². The average Bonchev–Trinajstić information content (AvgIpc) is 2.97. The fraction of sp³-hybridized carbons (Fsp3) is 0.300. The first-order valence-electron chi connectivity index (χ1n) is 8.40. The number of amides is 1. The Morgan fingerprint density at radius 2 is 2.00 bits per heavy atom. The molecular formula is C20H22N2O2S2. The van der Waals surface area contributed by atoms with E-state index in [1.165, 1.54) is 5.56 Å². The van der Waals surface area contributed by atoms with Crippen molar-refractivity contribution in [3.63, 3.8) is 0 Å². The Kier molecular flexibility index (Phi) is 6.16. The van der Waals surface area contributed by atoms with Crippen LogP contribution in [-0.2, 0) is 17.8 Å². The number of thioether (sulfide) groups is 1. The number of thiazole rings is 1. The van der Waals surface area contributed by atoms with Crippen LogP contribution in [0.25, 0.3) is 10.2 Å². The predicted molar refractivity (Wildman–Crippen MR) is 110 cm³/mol. The third-order valence-electron chi connectivity index (χ3n) is 4.10. The second kappa shape index (κ2) is 8.56. The monoisotopic (exact) mass is 386 g/mol. The van der Waals surface area contributed by atoms with E-state index in [1.807, 2.05) is 49.4 Å². The van der Waals surface area contributed by atoms with Gasteiger partial charge in [-0.3, -0.25) is 4.79 Å². The highest BCUT2D eigenvalue weighted by Gasteiger charge is 2.09. The van der Waals surface area contributed by atoms with E-state index in [0.717, 1.165) is 38.6 Å². The molecule has 26 heavy (non-hydrogen) atoms. The second-order valence-electron chi connectivity index (χ2n) is 6.03. The van der Waals surface area contributed by atoms with E-state index in [9.17, 15) is 4.79 Å². The Bertz CT molecular complexity index is 972. The van der Waals surface area contributed by atoms with Crippen molar-refractivity contribution >= 4 is 39.2 Å². The fourth-order valence-electron chi connectivity index (χ4n) is 2.69. The van der Waals surface area contributed by atoms with Crippen LogP contribution >= 0.6 is 23.1 Å². The maximum absolute atomic E-state index is 12.5. The molecule has 3 rings (SSSR count). The molecule has 1 heterocycles. The first kappa shape index (κ1) is 18.7. The number of ether oxygens (including phenoxy) is 1. The number of aromatic nitrogens is 1. The Balaban J connectivity index is 1.97. The molecule has 4 nitrogen and oxygen atoms in total. The molecule has 136 valence electrons. The molecule has 0 spiro atoms. The van der Waals surface area contributed by atoms with Gasteiger partial charge >= 0.3 is 0 Å². The molecular weight excluding hydrogens is 364 g/mol. The number of methoxy groups -OCH3 is 1. The van der Waals surface area contributed by atoms with Crippen molar-refractivity contribution in [3.05, 3.63) is 58.4 Å². The van der Waals surface area contributed by atoms with Crippen molar-refractivity contribution in [2.24, 2.45) is 4.99 Å². The van der Waals surface area contributed by atoms with Crippen LogP contribution in [0.4, 0.5) is 0 Å². The van der Waals surface area contributed by atoms with E-state index in [2.05, 4.69) is 15.8 Å². The number of aryl methyl sites for hydroxylation is 2. The molecule has 0 atom stereocenters. The molecule has 1 aromatic heterocycles. The number of carbonyl (C=O) groups is 1. The molecule has 0 unspecified atom stereocenters. The summed E-state index contributed by atoms with van der Waals surface area (Å²) < 4.78 is 8.57. The maximum atomic E-state index is 12.5. The van der Waals surface area contributed by atoms with Crippen LogP contribution in [0, 0.1) is 6.92 Å². The maximum Gasteiger partial charge on any atom is 0.252 e. The van der Waals surface area contributed by atoms with Gasteiger partial charge in [-0.25, -0.2) is 0 Å². The Morgan fingerprint density at radius 1 is 1.23 bits per heavy atom. The van der Waals surface area contributed by atoms with Gasteiger partial charge in [0.15, 0.2) is 4.80 Å². The highest BCUT2D eigenvalue weighted by molar-refractivity contribution is 7.98. The molecule has 0 radical (unpaired) electrons. The zero-order valence-corrected chi connectivity index (χ0v) is 16.8. The number of nitrogens with zero attached hydrogens (tertiary/aromatic N) is 2. The first-order chi connectivity index (χ1) is 12.6. The second-order valence-corrected chi connectivity index (χ2v) is 8.03. The molecule has 0 aliphatic heterocycles. The van der Waals surface area contributed by atoms with Crippen molar-refractivity contribution in [3.8, 4) is 5.75 Å². The molecule has 0 saturated carbocycles. The highest BCUT2D eigenvalue weighted by Crippen LogP contribution is 2.23. The van der Waals surface area contributed by atoms with Gasteiger partial charge in [-0.2, -0.15) is 16.8 Å².